The van der Waals surface area contributed by atoms with Gasteiger partial charge in [0.25, 0.3) is 0 Å². The van der Waals surface area contributed by atoms with E-state index in [0.717, 1.165) is 22.5 Å². The SMILES string of the molecule is COOSc1ccc([C@H]2OC(C(Cl)Cl)=NC2CF)cc1. The summed E-state index contributed by atoms with van der Waals surface area (Å²) in [5, 5.41) is 0. The van der Waals surface area contributed by atoms with Crippen molar-refractivity contribution in [2.45, 2.75) is 21.9 Å². The van der Waals surface area contributed by atoms with E-state index >= 15 is 0 Å². The summed E-state index contributed by atoms with van der Waals surface area (Å²) in [5.74, 6) is 0.155. The van der Waals surface area contributed by atoms with Crippen molar-refractivity contribution < 1.29 is 18.3 Å². The Morgan fingerprint density at radius 1 is 1.40 bits per heavy atom. The van der Waals surface area contributed by atoms with Gasteiger partial charge in [-0.05, 0) is 17.7 Å². The molecule has 0 bridgehead atoms. The fraction of sp³-hybridized carbons (Fsp3) is 0.417. The van der Waals surface area contributed by atoms with E-state index in [1.165, 1.54) is 7.11 Å². The smallest absolute Gasteiger partial charge is 0.218 e. The summed E-state index contributed by atoms with van der Waals surface area (Å²) < 4.78 is 23.3. The normalized spacial score (nSPS) is 21.9. The molecule has 110 valence electrons. The lowest BCUT2D eigenvalue weighted by Gasteiger charge is -2.16. The minimum atomic E-state index is -0.890. The predicted octanol–water partition coefficient (Wildman–Crippen LogP) is 3.88. The van der Waals surface area contributed by atoms with Crippen LogP contribution in [0.1, 0.15) is 11.7 Å². The quantitative estimate of drug-likeness (QED) is 0.341. The first-order valence-electron chi connectivity index (χ1n) is 5.71. The van der Waals surface area contributed by atoms with Crippen LogP contribution in [0.25, 0.3) is 0 Å². The number of rotatable bonds is 6. The average molecular weight is 340 g/mol. The number of aliphatic imine (C=N–C) groups is 1. The van der Waals surface area contributed by atoms with Crippen LogP contribution in [0, 0.1) is 0 Å². The van der Waals surface area contributed by atoms with Crippen molar-refractivity contribution in [2.24, 2.45) is 4.99 Å². The molecule has 1 heterocycles. The maximum absolute atomic E-state index is 13.0. The van der Waals surface area contributed by atoms with E-state index in [1.54, 1.807) is 0 Å². The second-order valence-electron chi connectivity index (χ2n) is 3.92. The molecule has 2 rings (SSSR count). The molecule has 8 heteroatoms. The third kappa shape index (κ3) is 3.77. The molecule has 0 fully saturated rings. The Bertz CT molecular complexity index is 472. The number of halogens is 3. The number of hydrogen-bond acceptors (Lipinski definition) is 5. The summed E-state index contributed by atoms with van der Waals surface area (Å²) in [7, 11) is 1.42. The molecule has 1 unspecified atom stereocenters. The van der Waals surface area contributed by atoms with Crippen molar-refractivity contribution in [3.8, 4) is 0 Å². The summed E-state index contributed by atoms with van der Waals surface area (Å²) in [5.41, 5.74) is 0.794. The maximum atomic E-state index is 13.0. The van der Waals surface area contributed by atoms with E-state index in [4.69, 9.17) is 32.3 Å². The number of ether oxygens (including phenoxy) is 1. The Kier molecular flexibility index (Phi) is 5.92. The number of alkyl halides is 3. The van der Waals surface area contributed by atoms with Crippen molar-refractivity contribution >= 4 is 41.1 Å². The van der Waals surface area contributed by atoms with Gasteiger partial charge in [0.05, 0.1) is 19.2 Å². The minimum Gasteiger partial charge on any atom is -0.468 e. The van der Waals surface area contributed by atoms with Crippen LogP contribution in [-0.4, -0.2) is 30.6 Å². The molecule has 4 nitrogen and oxygen atoms in total. The van der Waals surface area contributed by atoms with Crippen molar-refractivity contribution in [1.29, 1.82) is 0 Å². The highest BCUT2D eigenvalue weighted by Crippen LogP contribution is 2.33. The van der Waals surface area contributed by atoms with Gasteiger partial charge in [-0.2, -0.15) is 4.33 Å². The third-order valence-electron chi connectivity index (χ3n) is 2.64. The summed E-state index contributed by atoms with van der Waals surface area (Å²) in [6, 6.07) is 6.62. The molecule has 1 aromatic rings. The number of nitrogens with zero attached hydrogens (tertiary/aromatic N) is 1. The summed E-state index contributed by atoms with van der Waals surface area (Å²) in [4.78, 5) is 8.49. The van der Waals surface area contributed by atoms with Crippen LogP contribution in [0.4, 0.5) is 4.39 Å². The molecular weight excluding hydrogens is 328 g/mol. The maximum Gasteiger partial charge on any atom is 0.218 e. The minimum absolute atomic E-state index is 0.155. The fourth-order valence-corrected chi connectivity index (χ4v) is 2.38. The summed E-state index contributed by atoms with van der Waals surface area (Å²) in [6.45, 7) is -0.641. The highest BCUT2D eigenvalue weighted by atomic mass is 35.5. The lowest BCUT2D eigenvalue weighted by atomic mass is 10.0. The van der Waals surface area contributed by atoms with Gasteiger partial charge in [-0.15, -0.1) is 0 Å². The zero-order chi connectivity index (χ0) is 14.5. The van der Waals surface area contributed by atoms with Crippen LogP contribution in [-0.2, 0) is 14.0 Å². The van der Waals surface area contributed by atoms with Crippen LogP contribution in [0.15, 0.2) is 34.2 Å². The van der Waals surface area contributed by atoms with Crippen LogP contribution in [0.2, 0.25) is 0 Å². The molecule has 0 amide bonds. The van der Waals surface area contributed by atoms with Crippen molar-refractivity contribution in [1.82, 2.24) is 0 Å². The van der Waals surface area contributed by atoms with Crippen molar-refractivity contribution in [3.63, 3.8) is 0 Å². The molecule has 20 heavy (non-hydrogen) atoms. The molecule has 1 aliphatic rings. The second-order valence-corrected chi connectivity index (χ2v) is 5.79. The first kappa shape index (κ1) is 15.9. The Morgan fingerprint density at radius 2 is 2.10 bits per heavy atom. The Balaban J connectivity index is 2.08. The third-order valence-corrected chi connectivity index (χ3v) is 3.68. The largest absolute Gasteiger partial charge is 0.468 e. The zero-order valence-corrected chi connectivity index (χ0v) is 12.8. The second kappa shape index (κ2) is 7.47. The van der Waals surface area contributed by atoms with Gasteiger partial charge in [0.2, 0.25) is 5.90 Å². The van der Waals surface area contributed by atoms with Gasteiger partial charge in [-0.25, -0.2) is 14.3 Å². The summed E-state index contributed by atoms with van der Waals surface area (Å²) >= 11 is 12.5. The molecule has 0 saturated heterocycles. The highest BCUT2D eigenvalue weighted by molar-refractivity contribution is 7.94. The highest BCUT2D eigenvalue weighted by Gasteiger charge is 2.34. The first-order valence-corrected chi connectivity index (χ1v) is 7.33. The van der Waals surface area contributed by atoms with E-state index in [1.807, 2.05) is 24.3 Å². The molecule has 2 atom stereocenters. The lowest BCUT2D eigenvalue weighted by molar-refractivity contribution is -0.160. The predicted molar refractivity (Wildman–Crippen MR) is 76.9 cm³/mol. The molecular formula is C12H12Cl2FNO3S. The number of hydrogen-bond donors (Lipinski definition) is 0. The Morgan fingerprint density at radius 3 is 2.65 bits per heavy atom. The number of benzene rings is 1. The standard InChI is InChI=1S/C12H12Cl2FNO3S/c1-17-19-20-8-4-2-7(3-5-8)10-9(6-15)16-12(18-10)11(13)14/h2-5,9-11H,6H2,1H3/t9?,10-/m1/s1. The van der Waals surface area contributed by atoms with Gasteiger partial charge in [-0.3, -0.25) is 0 Å². The Hall–Kier alpha value is -0.530. The van der Waals surface area contributed by atoms with Gasteiger partial charge < -0.3 is 4.74 Å². The lowest BCUT2D eigenvalue weighted by Crippen LogP contribution is -2.16. The van der Waals surface area contributed by atoms with E-state index < -0.39 is 23.7 Å². The molecule has 0 aromatic heterocycles. The van der Waals surface area contributed by atoms with Crippen molar-refractivity contribution in [3.05, 3.63) is 29.8 Å². The Labute approximate surface area is 130 Å². The van der Waals surface area contributed by atoms with E-state index in [2.05, 4.69) is 9.88 Å². The van der Waals surface area contributed by atoms with E-state index in [-0.39, 0.29) is 5.90 Å². The topological polar surface area (TPSA) is 40.0 Å². The van der Waals surface area contributed by atoms with Crippen LogP contribution >= 0.6 is 35.2 Å². The van der Waals surface area contributed by atoms with Gasteiger partial charge in [0, 0.05) is 4.90 Å². The van der Waals surface area contributed by atoms with Gasteiger partial charge >= 0.3 is 0 Å². The van der Waals surface area contributed by atoms with Gasteiger partial charge in [0.1, 0.15) is 12.7 Å². The van der Waals surface area contributed by atoms with E-state index in [0.29, 0.717) is 0 Å². The molecule has 1 aliphatic heterocycles. The average Bonchev–Trinajstić information content (AvgIpc) is 2.90. The van der Waals surface area contributed by atoms with Crippen LogP contribution in [0.3, 0.4) is 0 Å². The molecule has 0 saturated carbocycles. The fourth-order valence-electron chi connectivity index (χ4n) is 1.77. The van der Waals surface area contributed by atoms with Crippen LogP contribution < -0.4 is 0 Å². The first-order chi connectivity index (χ1) is 9.65. The molecule has 1 aromatic carbocycles. The van der Waals surface area contributed by atoms with E-state index in [9.17, 15) is 4.39 Å². The van der Waals surface area contributed by atoms with Crippen molar-refractivity contribution in [2.75, 3.05) is 13.8 Å². The molecule has 0 N–H and O–H groups in total. The monoisotopic (exact) mass is 339 g/mol. The molecule has 0 radical (unpaired) electrons. The summed E-state index contributed by atoms with van der Waals surface area (Å²) in [6.07, 6.45) is -0.516. The van der Waals surface area contributed by atoms with Crippen LogP contribution in [0.5, 0.6) is 0 Å². The molecule has 0 spiro atoms. The zero-order valence-electron chi connectivity index (χ0n) is 10.5. The van der Waals surface area contributed by atoms with Gasteiger partial charge in [-0.1, -0.05) is 35.3 Å². The molecule has 0 aliphatic carbocycles. The van der Waals surface area contributed by atoms with Gasteiger partial charge in [0.15, 0.2) is 10.9 Å².